The van der Waals surface area contributed by atoms with E-state index in [4.69, 9.17) is 0 Å². The summed E-state index contributed by atoms with van der Waals surface area (Å²) >= 11 is 0. The van der Waals surface area contributed by atoms with Crippen molar-refractivity contribution in [3.05, 3.63) is 0 Å². The average Bonchev–Trinajstić information content (AvgIpc) is 2.47. The van der Waals surface area contributed by atoms with Crippen LogP contribution in [0.3, 0.4) is 0 Å². The Morgan fingerprint density at radius 1 is 1.00 bits per heavy atom. The van der Waals surface area contributed by atoms with Crippen LogP contribution < -0.4 is 5.32 Å². The second kappa shape index (κ2) is 7.26. The van der Waals surface area contributed by atoms with E-state index in [2.05, 4.69) is 31.0 Å². The normalized spacial score (nSPS) is 24.1. The molecule has 118 valence electrons. The highest BCUT2D eigenvalue weighted by Crippen LogP contribution is 2.39. The molecule has 0 aromatic heterocycles. The molecule has 0 radical (unpaired) electrons. The van der Waals surface area contributed by atoms with E-state index in [0.29, 0.717) is 10.8 Å². The molecule has 0 atom stereocenters. The summed E-state index contributed by atoms with van der Waals surface area (Å²) in [5, 5.41) is 3.52. The highest BCUT2D eigenvalue weighted by molar-refractivity contribution is 4.89. The Morgan fingerprint density at radius 3 is 2.25 bits per heavy atom. The summed E-state index contributed by atoms with van der Waals surface area (Å²) < 4.78 is 0. The van der Waals surface area contributed by atoms with Crippen LogP contribution in [0.4, 0.5) is 0 Å². The fourth-order valence-corrected chi connectivity index (χ4v) is 3.82. The van der Waals surface area contributed by atoms with Crippen molar-refractivity contribution in [2.75, 3.05) is 32.7 Å². The van der Waals surface area contributed by atoms with Gasteiger partial charge in [0.25, 0.3) is 0 Å². The van der Waals surface area contributed by atoms with Crippen LogP contribution in [0.1, 0.15) is 72.1 Å². The van der Waals surface area contributed by atoms with E-state index in [0.717, 1.165) is 0 Å². The van der Waals surface area contributed by atoms with E-state index in [9.17, 15) is 0 Å². The molecule has 2 heterocycles. The Kier molecular flexibility index (Phi) is 5.92. The van der Waals surface area contributed by atoms with E-state index < -0.39 is 0 Å². The van der Waals surface area contributed by atoms with Crippen molar-refractivity contribution in [3.8, 4) is 0 Å². The van der Waals surface area contributed by atoms with Gasteiger partial charge in [0.15, 0.2) is 0 Å². The summed E-state index contributed by atoms with van der Waals surface area (Å²) in [6, 6.07) is 0. The summed E-state index contributed by atoms with van der Waals surface area (Å²) in [6.45, 7) is 13.7. The zero-order valence-electron chi connectivity index (χ0n) is 14.1. The number of nitrogens with zero attached hydrogens (tertiary/aromatic N) is 1. The predicted molar refractivity (Wildman–Crippen MR) is 88.1 cm³/mol. The van der Waals surface area contributed by atoms with Gasteiger partial charge >= 0.3 is 0 Å². The lowest BCUT2D eigenvalue weighted by atomic mass is 9.71. The third-order valence-electron chi connectivity index (χ3n) is 6.12. The molecular weight excluding hydrogens is 244 g/mol. The second-order valence-electron chi connectivity index (χ2n) is 8.07. The maximum Gasteiger partial charge on any atom is -0.00134 e. The van der Waals surface area contributed by atoms with Crippen molar-refractivity contribution in [2.24, 2.45) is 10.8 Å². The van der Waals surface area contributed by atoms with Crippen molar-refractivity contribution >= 4 is 0 Å². The van der Waals surface area contributed by atoms with Gasteiger partial charge in [-0.05, 0) is 82.1 Å². The first-order valence-corrected chi connectivity index (χ1v) is 8.98. The van der Waals surface area contributed by atoms with Gasteiger partial charge in [0.2, 0.25) is 0 Å². The van der Waals surface area contributed by atoms with E-state index >= 15 is 0 Å². The molecule has 20 heavy (non-hydrogen) atoms. The molecule has 0 aliphatic carbocycles. The molecule has 0 aromatic carbocycles. The summed E-state index contributed by atoms with van der Waals surface area (Å²) in [6.07, 6.45) is 11.3. The first kappa shape index (κ1) is 16.3. The molecule has 2 nitrogen and oxygen atoms in total. The fourth-order valence-electron chi connectivity index (χ4n) is 3.82. The highest BCUT2D eigenvalue weighted by atomic mass is 15.1. The first-order valence-electron chi connectivity index (χ1n) is 8.98. The summed E-state index contributed by atoms with van der Waals surface area (Å²) in [5.41, 5.74) is 1.27. The molecule has 0 bridgehead atoms. The molecule has 1 N–H and O–H groups in total. The van der Waals surface area contributed by atoms with Gasteiger partial charge in [-0.1, -0.05) is 33.6 Å². The number of nitrogens with one attached hydrogen (secondary N) is 1. The van der Waals surface area contributed by atoms with Gasteiger partial charge in [-0.2, -0.15) is 0 Å². The second-order valence-corrected chi connectivity index (χ2v) is 8.07. The number of piperidine rings is 2. The van der Waals surface area contributed by atoms with E-state index in [1.807, 2.05) is 0 Å². The van der Waals surface area contributed by atoms with Crippen LogP contribution in [0.25, 0.3) is 0 Å². The summed E-state index contributed by atoms with van der Waals surface area (Å²) in [7, 11) is 0. The molecule has 2 saturated heterocycles. The third-order valence-corrected chi connectivity index (χ3v) is 6.12. The number of likely N-dealkylation sites (tertiary alicyclic amines) is 1. The molecule has 1 spiro atoms. The fraction of sp³-hybridized carbons (Fsp3) is 1.00. The van der Waals surface area contributed by atoms with Crippen LogP contribution >= 0.6 is 0 Å². The van der Waals surface area contributed by atoms with Crippen LogP contribution in [0.2, 0.25) is 0 Å². The molecule has 0 unspecified atom stereocenters. The van der Waals surface area contributed by atoms with Gasteiger partial charge in [0.05, 0.1) is 0 Å². The van der Waals surface area contributed by atoms with Gasteiger partial charge in [-0.25, -0.2) is 0 Å². The lowest BCUT2D eigenvalue weighted by molar-refractivity contribution is 0.0726. The van der Waals surface area contributed by atoms with Crippen LogP contribution in [-0.4, -0.2) is 37.6 Å². The maximum atomic E-state index is 3.52. The van der Waals surface area contributed by atoms with Crippen LogP contribution in [-0.2, 0) is 0 Å². The quantitative estimate of drug-likeness (QED) is 0.738. The predicted octanol–water partition coefficient (Wildman–Crippen LogP) is 4.06. The summed E-state index contributed by atoms with van der Waals surface area (Å²) in [4.78, 5) is 2.73. The van der Waals surface area contributed by atoms with E-state index in [-0.39, 0.29) is 0 Å². The number of hydrogen-bond donors (Lipinski definition) is 1. The number of rotatable bonds is 6. The van der Waals surface area contributed by atoms with Gasteiger partial charge in [-0.3, -0.25) is 0 Å². The zero-order chi connectivity index (χ0) is 14.5. The van der Waals surface area contributed by atoms with Crippen molar-refractivity contribution < 1.29 is 0 Å². The minimum absolute atomic E-state index is 0.557. The molecular formula is C18H36N2. The van der Waals surface area contributed by atoms with Crippen molar-refractivity contribution in [1.29, 1.82) is 0 Å². The monoisotopic (exact) mass is 280 g/mol. The van der Waals surface area contributed by atoms with Gasteiger partial charge < -0.3 is 10.2 Å². The maximum absolute atomic E-state index is 3.52. The lowest BCUT2D eigenvalue weighted by Gasteiger charge is -2.44. The number of hydrogen-bond acceptors (Lipinski definition) is 2. The van der Waals surface area contributed by atoms with E-state index in [1.54, 1.807) is 0 Å². The largest absolute Gasteiger partial charge is 0.317 e. The van der Waals surface area contributed by atoms with Gasteiger partial charge in [-0.15, -0.1) is 0 Å². The van der Waals surface area contributed by atoms with Crippen LogP contribution in [0.15, 0.2) is 0 Å². The molecule has 0 amide bonds. The number of unbranched alkanes of at least 4 members (excludes halogenated alkanes) is 1. The molecule has 2 fully saturated rings. The van der Waals surface area contributed by atoms with E-state index in [1.165, 1.54) is 84.1 Å². The molecule has 0 saturated carbocycles. The van der Waals surface area contributed by atoms with Crippen LogP contribution in [0, 0.1) is 10.8 Å². The first-order chi connectivity index (χ1) is 9.55. The topological polar surface area (TPSA) is 15.3 Å². The Morgan fingerprint density at radius 2 is 1.65 bits per heavy atom. The average molecular weight is 280 g/mol. The summed E-state index contributed by atoms with van der Waals surface area (Å²) in [5.74, 6) is 0. The molecule has 2 aliphatic heterocycles. The minimum atomic E-state index is 0.557. The minimum Gasteiger partial charge on any atom is -0.317 e. The van der Waals surface area contributed by atoms with Crippen molar-refractivity contribution in [1.82, 2.24) is 10.2 Å². The Bertz CT molecular complexity index is 269. The third kappa shape index (κ3) is 4.73. The van der Waals surface area contributed by atoms with Crippen molar-refractivity contribution in [3.63, 3.8) is 0 Å². The van der Waals surface area contributed by atoms with Crippen molar-refractivity contribution in [2.45, 2.75) is 72.1 Å². The smallest absolute Gasteiger partial charge is 0.00134 e. The van der Waals surface area contributed by atoms with Crippen LogP contribution in [0.5, 0.6) is 0 Å². The zero-order valence-corrected chi connectivity index (χ0v) is 14.1. The molecule has 2 rings (SSSR count). The lowest BCUT2D eigenvalue weighted by Crippen LogP contribution is -2.45. The molecule has 2 aliphatic rings. The Labute approximate surface area is 126 Å². The molecule has 0 aromatic rings. The Balaban J connectivity index is 1.60. The standard InChI is InChI=1S/C18H36N2/c1-4-17(2,3)7-5-6-14-20-15-10-18(11-16-20)8-12-19-13-9-18/h19H,4-16H2,1-3H3. The Hall–Kier alpha value is -0.0800. The SMILES string of the molecule is CCC(C)(C)CCCCN1CCC2(CCNCC2)CC1. The van der Waals surface area contributed by atoms with Gasteiger partial charge in [0, 0.05) is 0 Å². The highest BCUT2D eigenvalue weighted by Gasteiger charge is 2.35. The van der Waals surface area contributed by atoms with Gasteiger partial charge in [0.1, 0.15) is 0 Å². The molecule has 2 heteroatoms.